The number of hydrogen-bond donors (Lipinski definition) is 1. The molecule has 0 saturated carbocycles. The number of nitrogens with one attached hydrogen (secondary N) is 1. The molecular weight excluding hydrogens is 180 g/mol. The maximum atomic E-state index is 10.8. The monoisotopic (exact) mass is 186 g/mol. The van der Waals surface area contributed by atoms with Crippen LogP contribution in [0.4, 0.5) is 0 Å². The van der Waals surface area contributed by atoms with Crippen LogP contribution in [0.25, 0.3) is 17.2 Å². The van der Waals surface area contributed by atoms with Gasteiger partial charge < -0.3 is 4.42 Å². The fourth-order valence-corrected chi connectivity index (χ4v) is 1.21. The summed E-state index contributed by atoms with van der Waals surface area (Å²) in [6.45, 7) is 0. The molecule has 0 fully saturated rings. The average Bonchev–Trinajstić information content (AvgIpc) is 2.54. The average molecular weight is 186 g/mol. The lowest BCUT2D eigenvalue weighted by molar-refractivity contribution is 0.555. The molecule has 0 atom stereocenters. The van der Waals surface area contributed by atoms with Crippen molar-refractivity contribution in [2.45, 2.75) is 0 Å². The molecule has 0 amide bonds. The lowest BCUT2D eigenvalue weighted by atomic mass is 10.2. The minimum absolute atomic E-state index is 0.471. The van der Waals surface area contributed by atoms with E-state index in [1.807, 2.05) is 6.07 Å². The van der Waals surface area contributed by atoms with Crippen molar-refractivity contribution in [1.82, 2.24) is 4.98 Å². The second-order valence-electron chi connectivity index (χ2n) is 2.73. The summed E-state index contributed by atoms with van der Waals surface area (Å²) < 4.78 is 4.83. The van der Waals surface area contributed by atoms with Crippen molar-refractivity contribution in [3.63, 3.8) is 0 Å². The van der Waals surface area contributed by atoms with Gasteiger partial charge in [0, 0.05) is 6.08 Å². The molecule has 1 aromatic carbocycles. The molecular formula is C10H6N2O2. The van der Waals surface area contributed by atoms with Crippen molar-refractivity contribution < 1.29 is 4.42 Å². The lowest BCUT2D eigenvalue weighted by Crippen LogP contribution is -1.92. The van der Waals surface area contributed by atoms with Gasteiger partial charge in [0.2, 0.25) is 0 Å². The number of rotatable bonds is 1. The van der Waals surface area contributed by atoms with E-state index in [0.717, 1.165) is 5.56 Å². The van der Waals surface area contributed by atoms with Crippen LogP contribution < -0.4 is 5.76 Å². The van der Waals surface area contributed by atoms with Crippen LogP contribution in [-0.4, -0.2) is 4.98 Å². The van der Waals surface area contributed by atoms with Gasteiger partial charge in [-0.3, -0.25) is 4.98 Å². The molecule has 0 spiro atoms. The summed E-state index contributed by atoms with van der Waals surface area (Å²) in [6.07, 6.45) is 3.03. The number of allylic oxidation sites excluding steroid dienone is 1. The standard InChI is InChI=1S/C10H6N2O2/c11-5-1-2-7-3-4-9-8(6-7)12-10(13)14-9/h1-4,6H,(H,12,13)/b2-1+. The summed E-state index contributed by atoms with van der Waals surface area (Å²) in [4.78, 5) is 13.4. The predicted octanol–water partition coefficient (Wildman–Crippen LogP) is 1.66. The first-order valence-electron chi connectivity index (χ1n) is 3.98. The van der Waals surface area contributed by atoms with Crippen molar-refractivity contribution in [3.8, 4) is 6.07 Å². The third-order valence-electron chi connectivity index (χ3n) is 1.79. The number of nitrogens with zero attached hydrogens (tertiary/aromatic N) is 1. The molecule has 2 rings (SSSR count). The van der Waals surface area contributed by atoms with E-state index in [1.54, 1.807) is 24.3 Å². The van der Waals surface area contributed by atoms with E-state index in [9.17, 15) is 4.79 Å². The van der Waals surface area contributed by atoms with Crippen molar-refractivity contribution in [2.24, 2.45) is 0 Å². The summed E-state index contributed by atoms with van der Waals surface area (Å²) in [6, 6.07) is 7.09. The van der Waals surface area contributed by atoms with Gasteiger partial charge in [-0.2, -0.15) is 5.26 Å². The van der Waals surface area contributed by atoms with Crippen molar-refractivity contribution in [2.75, 3.05) is 0 Å². The Kier molecular flexibility index (Phi) is 1.92. The molecule has 4 heteroatoms. The van der Waals surface area contributed by atoms with Gasteiger partial charge in [0.05, 0.1) is 11.6 Å². The minimum atomic E-state index is -0.471. The highest BCUT2D eigenvalue weighted by Gasteiger charge is 1.99. The summed E-state index contributed by atoms with van der Waals surface area (Å²) >= 11 is 0. The van der Waals surface area contributed by atoms with E-state index < -0.39 is 5.76 Å². The van der Waals surface area contributed by atoms with Gasteiger partial charge in [-0.05, 0) is 23.8 Å². The smallest absolute Gasteiger partial charge is 0.408 e. The van der Waals surface area contributed by atoms with Crippen molar-refractivity contribution >= 4 is 17.2 Å². The highest BCUT2D eigenvalue weighted by Crippen LogP contribution is 2.12. The SMILES string of the molecule is N#C/C=C/c1ccc2oc(=O)[nH]c2c1. The lowest BCUT2D eigenvalue weighted by Gasteiger charge is -1.90. The third kappa shape index (κ3) is 1.43. The van der Waals surface area contributed by atoms with Gasteiger partial charge in [-0.1, -0.05) is 6.07 Å². The second-order valence-corrected chi connectivity index (χ2v) is 2.73. The third-order valence-corrected chi connectivity index (χ3v) is 1.79. The molecule has 0 aliphatic carbocycles. The molecule has 0 bridgehead atoms. The molecule has 1 N–H and O–H groups in total. The van der Waals surface area contributed by atoms with Crippen LogP contribution in [0.3, 0.4) is 0 Å². The quantitative estimate of drug-likeness (QED) is 0.688. The fraction of sp³-hybridized carbons (Fsp3) is 0. The van der Waals surface area contributed by atoms with Crippen molar-refractivity contribution in [1.29, 1.82) is 5.26 Å². The van der Waals surface area contributed by atoms with Gasteiger partial charge in [0.25, 0.3) is 0 Å². The summed E-state index contributed by atoms with van der Waals surface area (Å²) in [5, 5.41) is 8.33. The number of aromatic nitrogens is 1. The first-order chi connectivity index (χ1) is 6.79. The second kappa shape index (κ2) is 3.23. The Hall–Kier alpha value is -2.28. The van der Waals surface area contributed by atoms with Gasteiger partial charge in [0.15, 0.2) is 5.58 Å². The molecule has 0 aliphatic heterocycles. The topological polar surface area (TPSA) is 69.8 Å². The first-order valence-corrected chi connectivity index (χ1v) is 3.98. The molecule has 0 radical (unpaired) electrons. The Morgan fingerprint density at radius 3 is 3.14 bits per heavy atom. The Labute approximate surface area is 79.1 Å². The van der Waals surface area contributed by atoms with E-state index >= 15 is 0 Å². The maximum absolute atomic E-state index is 10.8. The van der Waals surface area contributed by atoms with E-state index in [2.05, 4.69) is 4.98 Å². The van der Waals surface area contributed by atoms with Gasteiger partial charge in [-0.25, -0.2) is 4.79 Å². The molecule has 4 nitrogen and oxygen atoms in total. The van der Waals surface area contributed by atoms with E-state index in [-0.39, 0.29) is 0 Å². The zero-order valence-electron chi connectivity index (χ0n) is 7.15. The molecule has 0 unspecified atom stereocenters. The number of H-pyrrole nitrogens is 1. The molecule has 14 heavy (non-hydrogen) atoms. The first kappa shape index (κ1) is 8.32. The van der Waals surface area contributed by atoms with Gasteiger partial charge in [0.1, 0.15) is 0 Å². The summed E-state index contributed by atoms with van der Waals surface area (Å²) in [7, 11) is 0. The molecule has 0 saturated heterocycles. The van der Waals surface area contributed by atoms with E-state index in [0.29, 0.717) is 11.1 Å². The number of aromatic amines is 1. The highest BCUT2D eigenvalue weighted by molar-refractivity contribution is 5.75. The Balaban J connectivity index is 2.57. The normalized spacial score (nSPS) is 10.8. The van der Waals surface area contributed by atoms with Crippen LogP contribution in [0.5, 0.6) is 0 Å². The van der Waals surface area contributed by atoms with Crippen molar-refractivity contribution in [3.05, 3.63) is 40.4 Å². The summed E-state index contributed by atoms with van der Waals surface area (Å²) in [5.74, 6) is -0.471. The minimum Gasteiger partial charge on any atom is -0.408 e. The fourth-order valence-electron chi connectivity index (χ4n) is 1.21. The molecule has 0 aliphatic rings. The Bertz CT molecular complexity index is 584. The number of hydrogen-bond acceptors (Lipinski definition) is 3. The molecule has 1 heterocycles. The predicted molar refractivity (Wildman–Crippen MR) is 51.5 cm³/mol. The van der Waals surface area contributed by atoms with Crippen LogP contribution in [0, 0.1) is 11.3 Å². The number of nitriles is 1. The van der Waals surface area contributed by atoms with Gasteiger partial charge in [-0.15, -0.1) is 0 Å². The largest absolute Gasteiger partial charge is 0.417 e. The number of oxazole rings is 1. The Morgan fingerprint density at radius 2 is 2.36 bits per heavy atom. The molecule has 2 aromatic rings. The van der Waals surface area contributed by atoms with Crippen LogP contribution in [-0.2, 0) is 0 Å². The van der Waals surface area contributed by atoms with Crippen LogP contribution in [0.15, 0.2) is 33.5 Å². The molecule has 1 aromatic heterocycles. The van der Waals surface area contributed by atoms with E-state index in [4.69, 9.17) is 9.68 Å². The zero-order valence-corrected chi connectivity index (χ0v) is 7.15. The zero-order chi connectivity index (χ0) is 9.97. The van der Waals surface area contributed by atoms with Gasteiger partial charge >= 0.3 is 5.76 Å². The number of benzene rings is 1. The Morgan fingerprint density at radius 1 is 1.50 bits per heavy atom. The van der Waals surface area contributed by atoms with E-state index in [1.165, 1.54) is 6.08 Å². The number of fused-ring (bicyclic) bond motifs is 1. The van der Waals surface area contributed by atoms with Crippen LogP contribution in [0.1, 0.15) is 5.56 Å². The van der Waals surface area contributed by atoms with Crippen LogP contribution >= 0.6 is 0 Å². The summed E-state index contributed by atoms with van der Waals surface area (Å²) in [5.41, 5.74) is 2.00. The maximum Gasteiger partial charge on any atom is 0.417 e. The highest BCUT2D eigenvalue weighted by atomic mass is 16.4. The van der Waals surface area contributed by atoms with Crippen LogP contribution in [0.2, 0.25) is 0 Å². The molecule has 68 valence electrons.